The predicted molar refractivity (Wildman–Crippen MR) is 67.9 cm³/mol. The third-order valence-corrected chi connectivity index (χ3v) is 2.52. The molecule has 0 spiro atoms. The van der Waals surface area contributed by atoms with Gasteiger partial charge in [0, 0.05) is 5.56 Å². The second-order valence-electron chi connectivity index (χ2n) is 3.72. The topological polar surface area (TPSA) is 26.3 Å². The van der Waals surface area contributed by atoms with Crippen LogP contribution >= 0.6 is 11.6 Å². The molecule has 86 valence electrons. The van der Waals surface area contributed by atoms with Crippen LogP contribution in [0.4, 0.5) is 0 Å². The van der Waals surface area contributed by atoms with Crippen molar-refractivity contribution in [2.75, 3.05) is 0 Å². The number of hydrogen-bond acceptors (Lipinski definition) is 2. The van der Waals surface area contributed by atoms with E-state index in [0.29, 0.717) is 11.3 Å². The van der Waals surface area contributed by atoms with Crippen LogP contribution in [0.3, 0.4) is 0 Å². The van der Waals surface area contributed by atoms with Crippen LogP contribution in [-0.4, -0.2) is 5.24 Å². The Kier molecular flexibility index (Phi) is 3.45. The summed E-state index contributed by atoms with van der Waals surface area (Å²) in [5, 5.41) is -0.466. The van der Waals surface area contributed by atoms with E-state index in [9.17, 15) is 4.79 Å². The van der Waals surface area contributed by atoms with E-state index < -0.39 is 5.24 Å². The number of carbonyl (C=O) groups excluding carboxylic acids is 1. The molecule has 2 rings (SSSR count). The minimum atomic E-state index is -0.466. The molecule has 0 amide bonds. The number of benzene rings is 2. The number of ether oxygens (including phenoxy) is 1. The van der Waals surface area contributed by atoms with Crippen molar-refractivity contribution in [3.63, 3.8) is 0 Å². The Hall–Kier alpha value is -1.80. The second-order valence-corrected chi connectivity index (χ2v) is 4.06. The van der Waals surface area contributed by atoms with Gasteiger partial charge in [0.25, 0.3) is 5.24 Å². The highest BCUT2D eigenvalue weighted by molar-refractivity contribution is 6.67. The van der Waals surface area contributed by atoms with E-state index in [2.05, 4.69) is 0 Å². The van der Waals surface area contributed by atoms with E-state index in [0.717, 1.165) is 11.3 Å². The molecular weight excluding hydrogens is 236 g/mol. The van der Waals surface area contributed by atoms with E-state index in [1.54, 1.807) is 24.3 Å². The standard InChI is InChI=1S/C14H11ClO2/c1-10-3-2-4-13(9-10)17-12-7-5-11(6-8-12)14(15)16/h2-9H,1H3. The zero-order valence-electron chi connectivity index (χ0n) is 9.31. The molecule has 0 aromatic heterocycles. The van der Waals surface area contributed by atoms with Crippen molar-refractivity contribution in [1.29, 1.82) is 0 Å². The molecule has 0 N–H and O–H groups in total. The maximum Gasteiger partial charge on any atom is 0.252 e. The quantitative estimate of drug-likeness (QED) is 0.760. The van der Waals surface area contributed by atoms with Gasteiger partial charge in [0.15, 0.2) is 0 Å². The summed E-state index contributed by atoms with van der Waals surface area (Å²) >= 11 is 5.36. The first-order valence-corrected chi connectivity index (χ1v) is 5.57. The average Bonchev–Trinajstić information content (AvgIpc) is 2.29. The Bertz CT molecular complexity index is 532. The lowest BCUT2D eigenvalue weighted by molar-refractivity contribution is 0.108. The summed E-state index contributed by atoms with van der Waals surface area (Å²) in [5.41, 5.74) is 1.60. The zero-order valence-corrected chi connectivity index (χ0v) is 10.1. The van der Waals surface area contributed by atoms with Gasteiger partial charge in [0.2, 0.25) is 0 Å². The van der Waals surface area contributed by atoms with Gasteiger partial charge in [0.05, 0.1) is 0 Å². The Balaban J connectivity index is 2.16. The van der Waals surface area contributed by atoms with Crippen LogP contribution in [0.15, 0.2) is 48.5 Å². The van der Waals surface area contributed by atoms with Gasteiger partial charge in [-0.2, -0.15) is 0 Å². The smallest absolute Gasteiger partial charge is 0.252 e. The van der Waals surface area contributed by atoms with Gasteiger partial charge in [-0.15, -0.1) is 0 Å². The van der Waals surface area contributed by atoms with E-state index in [-0.39, 0.29) is 0 Å². The van der Waals surface area contributed by atoms with Gasteiger partial charge in [-0.25, -0.2) is 0 Å². The first kappa shape index (κ1) is 11.7. The zero-order chi connectivity index (χ0) is 12.3. The molecule has 0 saturated heterocycles. The Morgan fingerprint density at radius 3 is 2.35 bits per heavy atom. The van der Waals surface area contributed by atoms with Crippen molar-refractivity contribution < 1.29 is 9.53 Å². The third-order valence-electron chi connectivity index (χ3n) is 2.31. The lowest BCUT2D eigenvalue weighted by atomic mass is 10.2. The molecule has 0 unspecified atom stereocenters. The summed E-state index contributed by atoms with van der Waals surface area (Å²) in [4.78, 5) is 10.9. The predicted octanol–water partition coefficient (Wildman–Crippen LogP) is 4.17. The van der Waals surface area contributed by atoms with Gasteiger partial charge < -0.3 is 4.74 Å². The highest BCUT2D eigenvalue weighted by atomic mass is 35.5. The van der Waals surface area contributed by atoms with E-state index in [1.165, 1.54) is 0 Å². The van der Waals surface area contributed by atoms with Crippen molar-refractivity contribution in [2.24, 2.45) is 0 Å². The molecule has 0 fully saturated rings. The summed E-state index contributed by atoms with van der Waals surface area (Å²) in [7, 11) is 0. The van der Waals surface area contributed by atoms with Crippen molar-refractivity contribution in [3.05, 3.63) is 59.7 Å². The molecule has 0 saturated carbocycles. The van der Waals surface area contributed by atoms with Crippen LogP contribution in [0.1, 0.15) is 15.9 Å². The molecule has 0 aliphatic carbocycles. The van der Waals surface area contributed by atoms with E-state index >= 15 is 0 Å². The summed E-state index contributed by atoms with van der Waals surface area (Å²) < 4.78 is 5.64. The largest absolute Gasteiger partial charge is 0.457 e. The molecule has 2 aromatic rings. The van der Waals surface area contributed by atoms with Crippen LogP contribution in [-0.2, 0) is 0 Å². The minimum Gasteiger partial charge on any atom is -0.457 e. The summed E-state index contributed by atoms with van der Waals surface area (Å²) in [6, 6.07) is 14.5. The fourth-order valence-electron chi connectivity index (χ4n) is 1.47. The lowest BCUT2D eigenvalue weighted by Crippen LogP contribution is -1.89. The molecule has 0 heterocycles. The van der Waals surface area contributed by atoms with E-state index in [4.69, 9.17) is 16.3 Å². The van der Waals surface area contributed by atoms with Crippen LogP contribution in [0.25, 0.3) is 0 Å². The maximum atomic E-state index is 10.9. The van der Waals surface area contributed by atoms with Gasteiger partial charge in [-0.3, -0.25) is 4.79 Å². The van der Waals surface area contributed by atoms with Crippen LogP contribution in [0.2, 0.25) is 0 Å². The lowest BCUT2D eigenvalue weighted by Gasteiger charge is -2.06. The first-order valence-electron chi connectivity index (χ1n) is 5.19. The van der Waals surface area contributed by atoms with Crippen molar-refractivity contribution >= 4 is 16.8 Å². The monoisotopic (exact) mass is 246 g/mol. The van der Waals surface area contributed by atoms with Gasteiger partial charge in [0.1, 0.15) is 11.5 Å². The molecule has 3 heteroatoms. The van der Waals surface area contributed by atoms with Crippen LogP contribution in [0.5, 0.6) is 11.5 Å². The number of carbonyl (C=O) groups is 1. The molecule has 0 aliphatic heterocycles. The van der Waals surface area contributed by atoms with Crippen molar-refractivity contribution in [1.82, 2.24) is 0 Å². The highest BCUT2D eigenvalue weighted by Gasteiger charge is 2.02. The van der Waals surface area contributed by atoms with Gasteiger partial charge in [-0.05, 0) is 60.5 Å². The molecule has 2 aromatic carbocycles. The number of hydrogen-bond donors (Lipinski definition) is 0. The molecule has 0 radical (unpaired) electrons. The highest BCUT2D eigenvalue weighted by Crippen LogP contribution is 2.22. The number of aryl methyl sites for hydroxylation is 1. The first-order chi connectivity index (χ1) is 8.15. The van der Waals surface area contributed by atoms with Gasteiger partial charge >= 0.3 is 0 Å². The maximum absolute atomic E-state index is 10.9. The Labute approximate surface area is 105 Å². The fourth-order valence-corrected chi connectivity index (χ4v) is 1.59. The third kappa shape index (κ3) is 3.08. The SMILES string of the molecule is Cc1cccc(Oc2ccc(C(=O)Cl)cc2)c1. The van der Waals surface area contributed by atoms with Crippen LogP contribution < -0.4 is 4.74 Å². The number of rotatable bonds is 3. The molecule has 0 atom stereocenters. The molecule has 0 bridgehead atoms. The van der Waals surface area contributed by atoms with Crippen LogP contribution in [0, 0.1) is 6.92 Å². The fraction of sp³-hybridized carbons (Fsp3) is 0.0714. The minimum absolute atomic E-state index is 0.461. The van der Waals surface area contributed by atoms with Crippen molar-refractivity contribution in [3.8, 4) is 11.5 Å². The van der Waals surface area contributed by atoms with E-state index in [1.807, 2.05) is 31.2 Å². The average molecular weight is 247 g/mol. The van der Waals surface area contributed by atoms with Crippen molar-refractivity contribution in [2.45, 2.75) is 6.92 Å². The molecule has 2 nitrogen and oxygen atoms in total. The molecule has 0 aliphatic rings. The second kappa shape index (κ2) is 5.02. The number of halogens is 1. The summed E-state index contributed by atoms with van der Waals surface area (Å²) in [6.45, 7) is 2.00. The Morgan fingerprint density at radius 1 is 1.06 bits per heavy atom. The Morgan fingerprint density at radius 2 is 1.76 bits per heavy atom. The molecular formula is C14H11ClO2. The summed E-state index contributed by atoms with van der Waals surface area (Å²) in [5.74, 6) is 1.45. The molecule has 17 heavy (non-hydrogen) atoms. The van der Waals surface area contributed by atoms with Gasteiger partial charge in [-0.1, -0.05) is 12.1 Å². The summed E-state index contributed by atoms with van der Waals surface area (Å²) in [6.07, 6.45) is 0. The normalized spacial score (nSPS) is 10.0.